The van der Waals surface area contributed by atoms with Crippen molar-refractivity contribution in [2.75, 3.05) is 14.2 Å². The zero-order valence-electron chi connectivity index (χ0n) is 15.2. The van der Waals surface area contributed by atoms with Gasteiger partial charge in [0.15, 0.2) is 11.5 Å². The predicted molar refractivity (Wildman–Crippen MR) is 103 cm³/mol. The van der Waals surface area contributed by atoms with Crippen molar-refractivity contribution in [1.82, 2.24) is 10.3 Å². The maximum absolute atomic E-state index is 12.1. The van der Waals surface area contributed by atoms with Gasteiger partial charge in [-0.15, -0.1) is 0 Å². The zero-order valence-corrected chi connectivity index (χ0v) is 15.2. The van der Waals surface area contributed by atoms with Crippen LogP contribution in [0.3, 0.4) is 0 Å². The van der Waals surface area contributed by atoms with Gasteiger partial charge in [0.25, 0.3) is 0 Å². The standard InChI is InChI=1S/C21H24N2O3/c1-25-19-11-10-15(12-20(19)26-2)13-23-21(24)9-5-6-16-14-22-18-8-4-3-7-17(16)18/h3-4,7-8,10-12,14,22H,5-6,9,13H2,1-2H3,(H,23,24). The number of aromatic amines is 1. The Labute approximate surface area is 153 Å². The van der Waals surface area contributed by atoms with E-state index in [0.29, 0.717) is 24.5 Å². The average Bonchev–Trinajstić information content (AvgIpc) is 3.09. The van der Waals surface area contributed by atoms with Crippen molar-refractivity contribution >= 4 is 16.8 Å². The lowest BCUT2D eigenvalue weighted by molar-refractivity contribution is -0.121. The van der Waals surface area contributed by atoms with Crippen molar-refractivity contribution in [2.24, 2.45) is 0 Å². The molecule has 0 aliphatic carbocycles. The Bertz CT molecular complexity index is 886. The summed E-state index contributed by atoms with van der Waals surface area (Å²) in [5.41, 5.74) is 3.38. The third-order valence-electron chi connectivity index (χ3n) is 4.46. The highest BCUT2D eigenvalue weighted by atomic mass is 16.5. The van der Waals surface area contributed by atoms with E-state index in [1.165, 1.54) is 10.9 Å². The molecule has 5 nitrogen and oxygen atoms in total. The topological polar surface area (TPSA) is 63.3 Å². The summed E-state index contributed by atoms with van der Waals surface area (Å²) in [5, 5.41) is 4.20. The fourth-order valence-corrected chi connectivity index (χ4v) is 3.06. The Hall–Kier alpha value is -2.95. The lowest BCUT2D eigenvalue weighted by Crippen LogP contribution is -2.22. The SMILES string of the molecule is COc1ccc(CNC(=O)CCCc2c[nH]c3ccccc23)cc1OC. The molecule has 136 valence electrons. The lowest BCUT2D eigenvalue weighted by Gasteiger charge is -2.10. The Morgan fingerprint density at radius 2 is 1.88 bits per heavy atom. The Morgan fingerprint density at radius 3 is 2.69 bits per heavy atom. The number of benzene rings is 2. The van der Waals surface area contributed by atoms with Crippen LogP contribution >= 0.6 is 0 Å². The van der Waals surface area contributed by atoms with Crippen molar-refractivity contribution in [3.8, 4) is 11.5 Å². The fourth-order valence-electron chi connectivity index (χ4n) is 3.06. The molecule has 0 bridgehead atoms. The molecule has 0 aliphatic heterocycles. The summed E-state index contributed by atoms with van der Waals surface area (Å²) in [6.45, 7) is 0.478. The molecule has 0 aliphatic rings. The molecule has 0 saturated carbocycles. The van der Waals surface area contributed by atoms with Crippen LogP contribution in [0.5, 0.6) is 11.5 Å². The first-order valence-corrected chi connectivity index (χ1v) is 8.74. The van der Waals surface area contributed by atoms with Crippen LogP contribution < -0.4 is 14.8 Å². The molecule has 2 N–H and O–H groups in total. The van der Waals surface area contributed by atoms with Crippen LogP contribution in [0.4, 0.5) is 0 Å². The van der Waals surface area contributed by atoms with Crippen molar-refractivity contribution in [1.29, 1.82) is 0 Å². The summed E-state index contributed by atoms with van der Waals surface area (Å²) in [4.78, 5) is 15.4. The van der Waals surface area contributed by atoms with Gasteiger partial charge in [-0.3, -0.25) is 4.79 Å². The molecule has 26 heavy (non-hydrogen) atoms. The van der Waals surface area contributed by atoms with E-state index in [1.807, 2.05) is 36.5 Å². The molecule has 0 saturated heterocycles. The van der Waals surface area contributed by atoms with E-state index in [2.05, 4.69) is 22.4 Å². The maximum Gasteiger partial charge on any atom is 0.220 e. The van der Waals surface area contributed by atoms with Gasteiger partial charge in [0.05, 0.1) is 14.2 Å². The van der Waals surface area contributed by atoms with Crippen LogP contribution in [0.2, 0.25) is 0 Å². The summed E-state index contributed by atoms with van der Waals surface area (Å²) >= 11 is 0. The Kier molecular flexibility index (Phi) is 5.79. The summed E-state index contributed by atoms with van der Waals surface area (Å²) in [5.74, 6) is 1.40. The highest BCUT2D eigenvalue weighted by Crippen LogP contribution is 2.27. The number of nitrogens with one attached hydrogen (secondary N) is 2. The third-order valence-corrected chi connectivity index (χ3v) is 4.46. The molecule has 0 atom stereocenters. The van der Waals surface area contributed by atoms with Gasteiger partial charge >= 0.3 is 0 Å². The van der Waals surface area contributed by atoms with E-state index in [1.54, 1.807) is 14.2 Å². The number of ether oxygens (including phenoxy) is 2. The minimum Gasteiger partial charge on any atom is -0.493 e. The van der Waals surface area contributed by atoms with E-state index < -0.39 is 0 Å². The number of H-pyrrole nitrogens is 1. The predicted octanol–water partition coefficient (Wildman–Crippen LogP) is 3.82. The highest BCUT2D eigenvalue weighted by molar-refractivity contribution is 5.83. The van der Waals surface area contributed by atoms with Crippen molar-refractivity contribution in [3.05, 3.63) is 59.8 Å². The first kappa shape index (κ1) is 17.9. The monoisotopic (exact) mass is 352 g/mol. The molecule has 0 radical (unpaired) electrons. The molecule has 2 aromatic carbocycles. The van der Waals surface area contributed by atoms with Gasteiger partial charge in [-0.1, -0.05) is 24.3 Å². The third kappa shape index (κ3) is 4.17. The van der Waals surface area contributed by atoms with Gasteiger partial charge in [0.1, 0.15) is 0 Å². The number of aryl methyl sites for hydroxylation is 1. The lowest BCUT2D eigenvalue weighted by atomic mass is 10.1. The number of rotatable bonds is 8. The summed E-state index contributed by atoms with van der Waals surface area (Å²) in [7, 11) is 3.21. The van der Waals surface area contributed by atoms with Gasteiger partial charge in [-0.2, -0.15) is 0 Å². The Balaban J connectivity index is 1.47. The number of methoxy groups -OCH3 is 2. The highest BCUT2D eigenvalue weighted by Gasteiger charge is 2.07. The van der Waals surface area contributed by atoms with E-state index >= 15 is 0 Å². The normalized spacial score (nSPS) is 10.7. The zero-order chi connectivity index (χ0) is 18.4. The molecule has 0 unspecified atom stereocenters. The van der Waals surface area contributed by atoms with Crippen LogP contribution in [0, 0.1) is 0 Å². The van der Waals surface area contributed by atoms with Crippen LogP contribution in [-0.2, 0) is 17.8 Å². The van der Waals surface area contributed by atoms with Gasteiger partial charge < -0.3 is 19.8 Å². The first-order valence-electron chi connectivity index (χ1n) is 8.74. The van der Waals surface area contributed by atoms with Crippen molar-refractivity contribution in [2.45, 2.75) is 25.8 Å². The van der Waals surface area contributed by atoms with Crippen LogP contribution in [0.1, 0.15) is 24.0 Å². The number of carbonyl (C=O) groups is 1. The maximum atomic E-state index is 12.1. The molecule has 1 heterocycles. The second-order valence-corrected chi connectivity index (χ2v) is 6.18. The molecular weight excluding hydrogens is 328 g/mol. The number of amides is 1. The molecule has 1 aromatic heterocycles. The van der Waals surface area contributed by atoms with Gasteiger partial charge in [0.2, 0.25) is 5.91 Å². The van der Waals surface area contributed by atoms with E-state index in [4.69, 9.17) is 9.47 Å². The van der Waals surface area contributed by atoms with Crippen molar-refractivity contribution in [3.63, 3.8) is 0 Å². The van der Waals surface area contributed by atoms with Crippen LogP contribution in [0.25, 0.3) is 10.9 Å². The molecule has 5 heteroatoms. The molecule has 0 fully saturated rings. The minimum absolute atomic E-state index is 0.0552. The molecule has 1 amide bonds. The van der Waals surface area contributed by atoms with Crippen molar-refractivity contribution < 1.29 is 14.3 Å². The second kappa shape index (κ2) is 8.43. The summed E-state index contributed by atoms with van der Waals surface area (Å²) in [6.07, 6.45) is 4.24. The second-order valence-electron chi connectivity index (χ2n) is 6.18. The molecular formula is C21H24N2O3. The number of hydrogen-bond acceptors (Lipinski definition) is 3. The number of carbonyl (C=O) groups excluding carboxylic acids is 1. The minimum atomic E-state index is 0.0552. The molecule has 3 rings (SSSR count). The number of para-hydroxylation sites is 1. The quantitative estimate of drug-likeness (QED) is 0.648. The largest absolute Gasteiger partial charge is 0.493 e. The first-order chi connectivity index (χ1) is 12.7. The van der Waals surface area contributed by atoms with Gasteiger partial charge in [0, 0.05) is 30.1 Å². The van der Waals surface area contributed by atoms with Crippen LogP contribution in [-0.4, -0.2) is 25.1 Å². The smallest absolute Gasteiger partial charge is 0.220 e. The number of fused-ring (bicyclic) bond motifs is 1. The van der Waals surface area contributed by atoms with Gasteiger partial charge in [-0.05, 0) is 42.2 Å². The van der Waals surface area contributed by atoms with Gasteiger partial charge in [-0.25, -0.2) is 0 Å². The van der Waals surface area contributed by atoms with E-state index in [-0.39, 0.29) is 5.91 Å². The Morgan fingerprint density at radius 1 is 1.08 bits per heavy atom. The molecule has 3 aromatic rings. The number of aromatic nitrogens is 1. The summed E-state index contributed by atoms with van der Waals surface area (Å²) < 4.78 is 10.5. The molecule has 0 spiro atoms. The van der Waals surface area contributed by atoms with E-state index in [9.17, 15) is 4.79 Å². The fraction of sp³-hybridized carbons (Fsp3) is 0.286. The average molecular weight is 352 g/mol. The summed E-state index contributed by atoms with van der Waals surface area (Å²) in [6, 6.07) is 13.9. The number of hydrogen-bond donors (Lipinski definition) is 2. The van der Waals surface area contributed by atoms with E-state index in [0.717, 1.165) is 23.9 Å². The van der Waals surface area contributed by atoms with Crippen LogP contribution in [0.15, 0.2) is 48.7 Å².